The molecular formula is C15H16BrFN2O. The van der Waals surface area contributed by atoms with Crippen LogP contribution in [0, 0.1) is 5.82 Å². The lowest BCUT2D eigenvalue weighted by Gasteiger charge is -2.15. The third-order valence-electron chi connectivity index (χ3n) is 3.16. The first-order chi connectivity index (χ1) is 9.52. The van der Waals surface area contributed by atoms with Crippen LogP contribution in [0.1, 0.15) is 35.9 Å². The van der Waals surface area contributed by atoms with Gasteiger partial charge in [-0.25, -0.2) is 4.39 Å². The maximum absolute atomic E-state index is 13.7. The summed E-state index contributed by atoms with van der Waals surface area (Å²) in [6.45, 7) is 4.43. The van der Waals surface area contributed by atoms with Crippen LogP contribution in [0.25, 0.3) is 0 Å². The van der Waals surface area contributed by atoms with Crippen LogP contribution in [-0.2, 0) is 6.54 Å². The number of aryl methyl sites for hydroxylation is 1. The van der Waals surface area contributed by atoms with Crippen LogP contribution in [0.2, 0.25) is 0 Å². The highest BCUT2D eigenvalue weighted by atomic mass is 79.9. The van der Waals surface area contributed by atoms with E-state index in [-0.39, 0.29) is 17.8 Å². The van der Waals surface area contributed by atoms with Crippen molar-refractivity contribution in [1.29, 1.82) is 0 Å². The first-order valence-electron chi connectivity index (χ1n) is 6.44. The minimum absolute atomic E-state index is 0.215. The van der Waals surface area contributed by atoms with Crippen molar-refractivity contribution in [3.05, 3.63) is 58.1 Å². The molecule has 20 heavy (non-hydrogen) atoms. The third-order valence-corrected chi connectivity index (χ3v) is 3.59. The molecule has 1 aromatic heterocycles. The van der Waals surface area contributed by atoms with E-state index in [1.165, 1.54) is 6.07 Å². The first kappa shape index (κ1) is 14.8. The summed E-state index contributed by atoms with van der Waals surface area (Å²) in [6.07, 6.45) is 1.85. The van der Waals surface area contributed by atoms with Gasteiger partial charge in [0.2, 0.25) is 0 Å². The zero-order chi connectivity index (χ0) is 14.7. The van der Waals surface area contributed by atoms with E-state index >= 15 is 0 Å². The summed E-state index contributed by atoms with van der Waals surface area (Å²) < 4.78 is 16.4. The second-order valence-electron chi connectivity index (χ2n) is 4.55. The molecule has 0 saturated carbocycles. The van der Waals surface area contributed by atoms with Crippen molar-refractivity contribution in [2.75, 3.05) is 0 Å². The van der Waals surface area contributed by atoms with Crippen molar-refractivity contribution >= 4 is 21.8 Å². The van der Waals surface area contributed by atoms with Gasteiger partial charge in [-0.1, -0.05) is 18.2 Å². The Labute approximate surface area is 125 Å². The largest absolute Gasteiger partial charge is 0.344 e. The Morgan fingerprint density at radius 3 is 2.80 bits per heavy atom. The van der Waals surface area contributed by atoms with Crippen LogP contribution in [-0.4, -0.2) is 10.5 Å². The van der Waals surface area contributed by atoms with Gasteiger partial charge in [-0.2, -0.15) is 0 Å². The predicted molar refractivity (Wildman–Crippen MR) is 80.1 cm³/mol. The molecule has 0 saturated heterocycles. The normalized spacial score (nSPS) is 12.2. The van der Waals surface area contributed by atoms with Gasteiger partial charge in [0.25, 0.3) is 5.91 Å². The molecule has 0 spiro atoms. The SMILES string of the molecule is CCn1cc(Br)cc1C(=O)NC(C)c1ccccc1F. The second kappa shape index (κ2) is 6.22. The molecule has 106 valence electrons. The summed E-state index contributed by atoms with van der Waals surface area (Å²) in [4.78, 5) is 12.3. The number of amides is 1. The molecule has 3 nitrogen and oxygen atoms in total. The standard InChI is InChI=1S/C15H16BrFN2O/c1-3-19-9-11(16)8-14(19)15(20)18-10(2)12-6-4-5-7-13(12)17/h4-10H,3H2,1-2H3,(H,18,20). The average molecular weight is 339 g/mol. The van der Waals surface area contributed by atoms with E-state index in [4.69, 9.17) is 0 Å². The Kier molecular flexibility index (Phi) is 4.60. The summed E-state index contributed by atoms with van der Waals surface area (Å²) in [5.41, 5.74) is 1.04. The topological polar surface area (TPSA) is 34.0 Å². The lowest BCUT2D eigenvalue weighted by atomic mass is 10.1. The number of nitrogens with one attached hydrogen (secondary N) is 1. The van der Waals surface area contributed by atoms with Crippen LogP contribution in [0.3, 0.4) is 0 Å². The third kappa shape index (κ3) is 3.10. The molecule has 0 fully saturated rings. The number of nitrogens with zero attached hydrogens (tertiary/aromatic N) is 1. The zero-order valence-corrected chi connectivity index (χ0v) is 12.9. The molecule has 1 amide bonds. The van der Waals surface area contributed by atoms with Crippen molar-refractivity contribution < 1.29 is 9.18 Å². The van der Waals surface area contributed by atoms with Gasteiger partial charge < -0.3 is 9.88 Å². The number of halogens is 2. The van der Waals surface area contributed by atoms with E-state index in [2.05, 4.69) is 21.2 Å². The minimum atomic E-state index is -0.386. The monoisotopic (exact) mass is 338 g/mol. The number of rotatable bonds is 4. The Balaban J connectivity index is 2.17. The number of benzene rings is 1. The zero-order valence-electron chi connectivity index (χ0n) is 11.4. The highest BCUT2D eigenvalue weighted by molar-refractivity contribution is 9.10. The van der Waals surface area contributed by atoms with Crippen LogP contribution in [0.5, 0.6) is 0 Å². The highest BCUT2D eigenvalue weighted by Crippen LogP contribution is 2.19. The fourth-order valence-corrected chi connectivity index (χ4v) is 2.57. The number of carbonyl (C=O) groups is 1. The van der Waals surface area contributed by atoms with E-state index in [0.717, 1.165) is 4.47 Å². The Morgan fingerprint density at radius 1 is 1.45 bits per heavy atom. The van der Waals surface area contributed by atoms with Crippen LogP contribution < -0.4 is 5.32 Å². The fourth-order valence-electron chi connectivity index (χ4n) is 2.10. The number of aromatic nitrogens is 1. The molecular weight excluding hydrogens is 323 g/mol. The lowest BCUT2D eigenvalue weighted by molar-refractivity contribution is 0.0930. The summed E-state index contributed by atoms with van der Waals surface area (Å²) in [5.74, 6) is -0.527. The van der Waals surface area contributed by atoms with Gasteiger partial charge in [0, 0.05) is 22.8 Å². The van der Waals surface area contributed by atoms with Crippen LogP contribution in [0.15, 0.2) is 41.0 Å². The smallest absolute Gasteiger partial charge is 0.268 e. The van der Waals surface area contributed by atoms with Crippen molar-refractivity contribution in [2.45, 2.75) is 26.4 Å². The summed E-state index contributed by atoms with van der Waals surface area (Å²) >= 11 is 3.35. The molecule has 5 heteroatoms. The minimum Gasteiger partial charge on any atom is -0.344 e. The van der Waals surface area contributed by atoms with Gasteiger partial charge in [0.05, 0.1) is 6.04 Å². The molecule has 1 heterocycles. The molecule has 0 aliphatic rings. The summed E-state index contributed by atoms with van der Waals surface area (Å²) in [5, 5.41) is 2.82. The number of hydrogen-bond acceptors (Lipinski definition) is 1. The fraction of sp³-hybridized carbons (Fsp3) is 0.267. The number of hydrogen-bond donors (Lipinski definition) is 1. The van der Waals surface area contributed by atoms with E-state index in [9.17, 15) is 9.18 Å². The van der Waals surface area contributed by atoms with Gasteiger partial charge in [-0.05, 0) is 41.9 Å². The maximum atomic E-state index is 13.7. The van der Waals surface area contributed by atoms with Crippen molar-refractivity contribution in [1.82, 2.24) is 9.88 Å². The Hall–Kier alpha value is -1.62. The van der Waals surface area contributed by atoms with E-state index in [1.807, 2.05) is 17.7 Å². The molecule has 0 bridgehead atoms. The average Bonchev–Trinajstić information content (AvgIpc) is 2.80. The quantitative estimate of drug-likeness (QED) is 0.901. The molecule has 1 aromatic carbocycles. The summed E-state index contributed by atoms with van der Waals surface area (Å²) in [6, 6.07) is 7.83. The predicted octanol–water partition coefficient (Wildman–Crippen LogP) is 3.90. The highest BCUT2D eigenvalue weighted by Gasteiger charge is 2.17. The number of carbonyl (C=O) groups excluding carboxylic acids is 1. The molecule has 0 aliphatic heterocycles. The summed E-state index contributed by atoms with van der Waals surface area (Å²) in [7, 11) is 0. The molecule has 2 aromatic rings. The van der Waals surface area contributed by atoms with Crippen molar-refractivity contribution in [3.63, 3.8) is 0 Å². The second-order valence-corrected chi connectivity index (χ2v) is 5.46. The lowest BCUT2D eigenvalue weighted by Crippen LogP contribution is -2.29. The van der Waals surface area contributed by atoms with Gasteiger partial charge in [0.15, 0.2) is 0 Å². The van der Waals surface area contributed by atoms with Crippen molar-refractivity contribution in [3.8, 4) is 0 Å². The van der Waals surface area contributed by atoms with E-state index in [0.29, 0.717) is 17.8 Å². The Morgan fingerprint density at radius 2 is 2.15 bits per heavy atom. The van der Waals surface area contributed by atoms with Crippen molar-refractivity contribution in [2.24, 2.45) is 0 Å². The molecule has 1 unspecified atom stereocenters. The first-order valence-corrected chi connectivity index (χ1v) is 7.23. The molecule has 1 atom stereocenters. The van der Waals surface area contributed by atoms with E-state index in [1.54, 1.807) is 31.2 Å². The van der Waals surface area contributed by atoms with Gasteiger partial charge in [-0.15, -0.1) is 0 Å². The molecule has 0 radical (unpaired) electrons. The molecule has 1 N–H and O–H groups in total. The van der Waals surface area contributed by atoms with Gasteiger partial charge >= 0.3 is 0 Å². The maximum Gasteiger partial charge on any atom is 0.268 e. The van der Waals surface area contributed by atoms with E-state index < -0.39 is 0 Å². The van der Waals surface area contributed by atoms with Crippen LogP contribution in [0.4, 0.5) is 4.39 Å². The van der Waals surface area contributed by atoms with Crippen LogP contribution >= 0.6 is 15.9 Å². The van der Waals surface area contributed by atoms with Gasteiger partial charge in [-0.3, -0.25) is 4.79 Å². The molecule has 0 aliphatic carbocycles. The Bertz CT molecular complexity index is 624. The molecule has 2 rings (SSSR count). The van der Waals surface area contributed by atoms with Gasteiger partial charge in [0.1, 0.15) is 11.5 Å².